The van der Waals surface area contributed by atoms with Crippen molar-refractivity contribution in [2.45, 2.75) is 32.5 Å². The number of epoxide rings is 1. The fourth-order valence-electron chi connectivity index (χ4n) is 1.83. The summed E-state index contributed by atoms with van der Waals surface area (Å²) in [5.74, 6) is 0. The van der Waals surface area contributed by atoms with Gasteiger partial charge >= 0.3 is 0 Å². The van der Waals surface area contributed by atoms with E-state index in [1.54, 1.807) is 0 Å². The number of allylic oxidation sites excluding steroid dienone is 3. The minimum Gasteiger partial charge on any atom is -0.369 e. The quantitative estimate of drug-likeness (QED) is 0.522. The van der Waals surface area contributed by atoms with Crippen LogP contribution >= 0.6 is 0 Å². The first-order valence-corrected chi connectivity index (χ1v) is 4.22. The molecule has 1 aliphatic carbocycles. The molecule has 3 atom stereocenters. The largest absolute Gasteiger partial charge is 0.369 e. The average Bonchev–Trinajstić information content (AvgIpc) is 2.69. The van der Waals surface area contributed by atoms with E-state index in [1.807, 2.05) is 0 Å². The van der Waals surface area contributed by atoms with Gasteiger partial charge in [-0.2, -0.15) is 0 Å². The Morgan fingerprint density at radius 1 is 1.45 bits per heavy atom. The van der Waals surface area contributed by atoms with Gasteiger partial charge in [-0.05, 0) is 13.3 Å². The van der Waals surface area contributed by atoms with Crippen molar-refractivity contribution in [3.63, 3.8) is 0 Å². The molecule has 0 radical (unpaired) electrons. The maximum absolute atomic E-state index is 5.47. The zero-order chi connectivity index (χ0) is 7.90. The molecule has 1 saturated heterocycles. The van der Waals surface area contributed by atoms with E-state index in [0.29, 0.717) is 12.2 Å². The van der Waals surface area contributed by atoms with Crippen molar-refractivity contribution in [3.8, 4) is 0 Å². The standard InChI is InChI=1S/C10H14O/c1-8-9(11-8)10(2)6-4-3-5-7-10/h3-6,8-9H,7H2,1-2H3/t8-,9+,10?/m0/s1. The normalized spacial score (nSPS) is 47.8. The fourth-order valence-corrected chi connectivity index (χ4v) is 1.83. The van der Waals surface area contributed by atoms with Gasteiger partial charge in [-0.1, -0.05) is 31.2 Å². The summed E-state index contributed by atoms with van der Waals surface area (Å²) in [6.45, 7) is 4.41. The smallest absolute Gasteiger partial charge is 0.0929 e. The van der Waals surface area contributed by atoms with Crippen molar-refractivity contribution in [1.82, 2.24) is 0 Å². The minimum atomic E-state index is 0.272. The third-order valence-corrected chi connectivity index (χ3v) is 2.64. The van der Waals surface area contributed by atoms with Gasteiger partial charge < -0.3 is 4.74 Å². The van der Waals surface area contributed by atoms with Crippen LogP contribution in [0.15, 0.2) is 24.3 Å². The molecule has 2 rings (SSSR count). The van der Waals surface area contributed by atoms with E-state index in [2.05, 4.69) is 38.2 Å². The van der Waals surface area contributed by atoms with E-state index >= 15 is 0 Å². The third-order valence-electron chi connectivity index (χ3n) is 2.64. The van der Waals surface area contributed by atoms with Gasteiger partial charge in [0.15, 0.2) is 0 Å². The highest BCUT2D eigenvalue weighted by atomic mass is 16.6. The van der Waals surface area contributed by atoms with Crippen LogP contribution < -0.4 is 0 Å². The summed E-state index contributed by atoms with van der Waals surface area (Å²) < 4.78 is 5.47. The molecular formula is C10H14O. The molecule has 1 unspecified atom stereocenters. The Labute approximate surface area is 67.7 Å². The molecule has 0 aromatic heterocycles. The number of rotatable bonds is 1. The van der Waals surface area contributed by atoms with Crippen LogP contribution in [-0.4, -0.2) is 12.2 Å². The highest BCUT2D eigenvalue weighted by Crippen LogP contribution is 2.43. The van der Waals surface area contributed by atoms with E-state index in [4.69, 9.17) is 4.74 Å². The Morgan fingerprint density at radius 3 is 2.64 bits per heavy atom. The lowest BCUT2D eigenvalue weighted by Crippen LogP contribution is -2.22. The minimum absolute atomic E-state index is 0.272. The lowest BCUT2D eigenvalue weighted by atomic mass is 9.79. The molecule has 0 amide bonds. The topological polar surface area (TPSA) is 12.5 Å². The summed E-state index contributed by atoms with van der Waals surface area (Å²) in [6.07, 6.45) is 10.8. The highest BCUT2D eigenvalue weighted by molar-refractivity contribution is 5.20. The molecule has 0 bridgehead atoms. The Balaban J connectivity index is 2.11. The van der Waals surface area contributed by atoms with Crippen molar-refractivity contribution in [2.75, 3.05) is 0 Å². The predicted octanol–water partition coefficient (Wildman–Crippen LogP) is 2.30. The molecule has 1 fully saturated rings. The van der Waals surface area contributed by atoms with Crippen molar-refractivity contribution >= 4 is 0 Å². The second kappa shape index (κ2) is 2.21. The van der Waals surface area contributed by atoms with E-state index < -0.39 is 0 Å². The molecule has 2 aliphatic rings. The van der Waals surface area contributed by atoms with Gasteiger partial charge in [0.2, 0.25) is 0 Å². The first kappa shape index (κ1) is 7.11. The van der Waals surface area contributed by atoms with Crippen LogP contribution in [0.25, 0.3) is 0 Å². The van der Waals surface area contributed by atoms with Crippen LogP contribution in [0.1, 0.15) is 20.3 Å². The molecule has 0 aromatic rings. The van der Waals surface area contributed by atoms with Gasteiger partial charge in [0.25, 0.3) is 0 Å². The van der Waals surface area contributed by atoms with E-state index in [1.165, 1.54) is 0 Å². The lowest BCUT2D eigenvalue weighted by Gasteiger charge is -2.24. The summed E-state index contributed by atoms with van der Waals surface area (Å²) in [5.41, 5.74) is 0.272. The van der Waals surface area contributed by atoms with Gasteiger partial charge in [0.05, 0.1) is 12.2 Å². The molecule has 11 heavy (non-hydrogen) atoms. The van der Waals surface area contributed by atoms with Gasteiger partial charge in [-0.3, -0.25) is 0 Å². The van der Waals surface area contributed by atoms with Crippen molar-refractivity contribution < 1.29 is 4.74 Å². The first-order valence-electron chi connectivity index (χ1n) is 4.22. The molecule has 1 aliphatic heterocycles. The van der Waals surface area contributed by atoms with Crippen LogP contribution in [0.2, 0.25) is 0 Å². The summed E-state index contributed by atoms with van der Waals surface area (Å²) in [4.78, 5) is 0. The van der Waals surface area contributed by atoms with E-state index in [-0.39, 0.29) is 5.41 Å². The molecule has 0 aromatic carbocycles. The molecule has 1 nitrogen and oxygen atoms in total. The second-order valence-corrected chi connectivity index (χ2v) is 3.76. The van der Waals surface area contributed by atoms with Crippen molar-refractivity contribution in [2.24, 2.45) is 5.41 Å². The maximum atomic E-state index is 5.47. The van der Waals surface area contributed by atoms with Crippen LogP contribution in [0, 0.1) is 5.41 Å². The Kier molecular flexibility index (Phi) is 1.43. The molecule has 1 heteroatoms. The monoisotopic (exact) mass is 150 g/mol. The Hall–Kier alpha value is -0.560. The Bertz CT molecular complexity index is 217. The molecule has 1 heterocycles. The molecule has 0 spiro atoms. The molecular weight excluding hydrogens is 136 g/mol. The van der Waals surface area contributed by atoms with E-state index in [0.717, 1.165) is 6.42 Å². The third kappa shape index (κ3) is 1.14. The average molecular weight is 150 g/mol. The van der Waals surface area contributed by atoms with Gasteiger partial charge in [0, 0.05) is 5.41 Å². The summed E-state index contributed by atoms with van der Waals surface area (Å²) in [6, 6.07) is 0. The van der Waals surface area contributed by atoms with Gasteiger partial charge in [-0.25, -0.2) is 0 Å². The van der Waals surface area contributed by atoms with E-state index in [9.17, 15) is 0 Å². The first-order chi connectivity index (χ1) is 5.22. The van der Waals surface area contributed by atoms with Gasteiger partial charge in [-0.15, -0.1) is 0 Å². The fraction of sp³-hybridized carbons (Fsp3) is 0.600. The maximum Gasteiger partial charge on any atom is 0.0929 e. The highest BCUT2D eigenvalue weighted by Gasteiger charge is 2.47. The number of hydrogen-bond donors (Lipinski definition) is 0. The number of ether oxygens (including phenoxy) is 1. The van der Waals surface area contributed by atoms with Crippen LogP contribution in [0.5, 0.6) is 0 Å². The predicted molar refractivity (Wildman–Crippen MR) is 45.3 cm³/mol. The van der Waals surface area contributed by atoms with Crippen LogP contribution in [0.4, 0.5) is 0 Å². The zero-order valence-electron chi connectivity index (χ0n) is 7.08. The Morgan fingerprint density at radius 2 is 2.18 bits per heavy atom. The zero-order valence-corrected chi connectivity index (χ0v) is 7.08. The van der Waals surface area contributed by atoms with Crippen molar-refractivity contribution in [3.05, 3.63) is 24.3 Å². The molecule has 0 N–H and O–H groups in total. The summed E-state index contributed by atoms with van der Waals surface area (Å²) >= 11 is 0. The van der Waals surface area contributed by atoms with Crippen LogP contribution in [0.3, 0.4) is 0 Å². The molecule has 0 saturated carbocycles. The van der Waals surface area contributed by atoms with Gasteiger partial charge in [0.1, 0.15) is 0 Å². The number of hydrogen-bond acceptors (Lipinski definition) is 1. The summed E-state index contributed by atoms with van der Waals surface area (Å²) in [7, 11) is 0. The van der Waals surface area contributed by atoms with Crippen LogP contribution in [-0.2, 0) is 4.74 Å². The molecule has 60 valence electrons. The lowest BCUT2D eigenvalue weighted by molar-refractivity contribution is 0.272. The summed E-state index contributed by atoms with van der Waals surface area (Å²) in [5, 5.41) is 0. The second-order valence-electron chi connectivity index (χ2n) is 3.76. The van der Waals surface area contributed by atoms with Crippen molar-refractivity contribution in [1.29, 1.82) is 0 Å². The SMILES string of the molecule is C[C@@H]1O[C@H]1C1(C)C=CC=CC1.